The molecule has 2 aromatic rings. The number of rotatable bonds is 6. The number of ether oxygens (including phenoxy) is 2. The molecule has 1 fully saturated rings. The van der Waals surface area contributed by atoms with Crippen molar-refractivity contribution in [1.29, 1.82) is 0 Å². The first-order valence-corrected chi connectivity index (χ1v) is 10.3. The Balaban J connectivity index is 2.00. The third kappa shape index (κ3) is 4.77. The summed E-state index contributed by atoms with van der Waals surface area (Å²) >= 11 is 3.44. The second-order valence-corrected chi connectivity index (χ2v) is 7.66. The molecule has 4 amide bonds. The van der Waals surface area contributed by atoms with E-state index in [0.717, 1.165) is 23.5 Å². The van der Waals surface area contributed by atoms with Gasteiger partial charge in [0.05, 0.1) is 23.4 Å². The molecule has 7 nitrogen and oxygen atoms in total. The van der Waals surface area contributed by atoms with E-state index in [4.69, 9.17) is 9.47 Å². The number of benzene rings is 2. The van der Waals surface area contributed by atoms with E-state index in [1.54, 1.807) is 12.1 Å². The summed E-state index contributed by atoms with van der Waals surface area (Å²) in [5.41, 5.74) is 0.360. The van der Waals surface area contributed by atoms with Crippen molar-refractivity contribution in [3.63, 3.8) is 0 Å². The summed E-state index contributed by atoms with van der Waals surface area (Å²) in [6.07, 6.45) is 2.10. The van der Waals surface area contributed by atoms with E-state index in [1.807, 2.05) is 13.8 Å². The van der Waals surface area contributed by atoms with Gasteiger partial charge in [-0.05, 0) is 77.3 Å². The van der Waals surface area contributed by atoms with E-state index in [2.05, 4.69) is 21.2 Å². The van der Waals surface area contributed by atoms with E-state index in [1.165, 1.54) is 25.3 Å². The van der Waals surface area contributed by atoms with Crippen LogP contribution in [0, 0.1) is 5.82 Å². The highest BCUT2D eigenvalue weighted by Crippen LogP contribution is 2.38. The standard InChI is InChI=1S/C22H20BrFN2O5/c1-4-12(2)31-19-17(23)10-13(11-18(19)30-3)9-16-20(27)25-22(29)26(21(16)28)15-7-5-14(24)6-8-15/h5-12H,4H2,1-3H3,(H,25,27,29)/b16-9+/t12-/m0/s1. The summed E-state index contributed by atoms with van der Waals surface area (Å²) in [6, 6.07) is 7.18. The van der Waals surface area contributed by atoms with Gasteiger partial charge in [0.25, 0.3) is 11.8 Å². The first kappa shape index (κ1) is 22.5. The summed E-state index contributed by atoms with van der Waals surface area (Å²) in [6.45, 7) is 3.92. The Morgan fingerprint density at radius 2 is 1.87 bits per heavy atom. The zero-order valence-electron chi connectivity index (χ0n) is 17.1. The second kappa shape index (κ2) is 9.30. The van der Waals surface area contributed by atoms with E-state index < -0.39 is 23.7 Å². The number of urea groups is 1. The van der Waals surface area contributed by atoms with Crippen LogP contribution in [-0.2, 0) is 9.59 Å². The number of anilines is 1. The Morgan fingerprint density at radius 1 is 1.19 bits per heavy atom. The van der Waals surface area contributed by atoms with Crippen LogP contribution in [0.25, 0.3) is 6.08 Å². The smallest absolute Gasteiger partial charge is 0.335 e. The highest BCUT2D eigenvalue weighted by atomic mass is 79.9. The maximum atomic E-state index is 13.2. The number of imide groups is 2. The summed E-state index contributed by atoms with van der Waals surface area (Å²) in [5.74, 6) is -1.26. The molecule has 9 heteroatoms. The molecule has 1 saturated heterocycles. The van der Waals surface area contributed by atoms with E-state index in [-0.39, 0.29) is 17.4 Å². The molecule has 3 rings (SSSR count). The topological polar surface area (TPSA) is 84.9 Å². The molecule has 0 unspecified atom stereocenters. The lowest BCUT2D eigenvalue weighted by atomic mass is 10.1. The fraction of sp³-hybridized carbons (Fsp3) is 0.227. The number of carbonyl (C=O) groups excluding carboxylic acids is 3. The van der Waals surface area contributed by atoms with Gasteiger partial charge < -0.3 is 9.47 Å². The average molecular weight is 491 g/mol. The van der Waals surface area contributed by atoms with Crippen LogP contribution in [0.15, 0.2) is 46.4 Å². The zero-order valence-corrected chi connectivity index (χ0v) is 18.7. The number of methoxy groups -OCH3 is 1. The van der Waals surface area contributed by atoms with Gasteiger partial charge in [-0.2, -0.15) is 0 Å². The van der Waals surface area contributed by atoms with Gasteiger partial charge >= 0.3 is 6.03 Å². The minimum atomic E-state index is -0.908. The van der Waals surface area contributed by atoms with Gasteiger partial charge in [0, 0.05) is 0 Å². The summed E-state index contributed by atoms with van der Waals surface area (Å²) in [4.78, 5) is 38.3. The normalized spacial score (nSPS) is 16.4. The second-order valence-electron chi connectivity index (χ2n) is 6.81. The number of carbonyl (C=O) groups is 3. The molecule has 1 aliphatic rings. The average Bonchev–Trinajstić information content (AvgIpc) is 2.73. The highest BCUT2D eigenvalue weighted by Gasteiger charge is 2.36. The fourth-order valence-corrected chi connectivity index (χ4v) is 3.42. The van der Waals surface area contributed by atoms with Crippen molar-refractivity contribution in [1.82, 2.24) is 5.32 Å². The SMILES string of the molecule is CC[C@H](C)Oc1c(Br)cc(/C=C2\C(=O)NC(=O)N(c3ccc(F)cc3)C2=O)cc1OC. The maximum absolute atomic E-state index is 13.2. The number of amides is 4. The summed E-state index contributed by atoms with van der Waals surface area (Å²) in [7, 11) is 1.48. The molecule has 1 aliphatic heterocycles. The number of hydrogen-bond donors (Lipinski definition) is 1. The van der Waals surface area contributed by atoms with Crippen molar-refractivity contribution >= 4 is 45.5 Å². The Morgan fingerprint density at radius 3 is 2.48 bits per heavy atom. The Bertz CT molecular complexity index is 1070. The molecule has 0 spiro atoms. The molecule has 0 bridgehead atoms. The van der Waals surface area contributed by atoms with Crippen molar-refractivity contribution in [2.75, 3.05) is 12.0 Å². The number of barbiturate groups is 1. The van der Waals surface area contributed by atoms with Crippen LogP contribution in [0.2, 0.25) is 0 Å². The minimum Gasteiger partial charge on any atom is -0.493 e. The van der Waals surface area contributed by atoms with Crippen LogP contribution < -0.4 is 19.7 Å². The summed E-state index contributed by atoms with van der Waals surface area (Å²) < 4.78 is 25.1. The molecule has 2 aromatic carbocycles. The molecule has 1 atom stereocenters. The van der Waals surface area contributed by atoms with Crippen LogP contribution >= 0.6 is 15.9 Å². The first-order valence-electron chi connectivity index (χ1n) is 9.46. The molecular formula is C22H20BrFN2O5. The van der Waals surface area contributed by atoms with Gasteiger partial charge in [0.15, 0.2) is 11.5 Å². The molecule has 162 valence electrons. The molecule has 1 heterocycles. The Kier molecular flexibility index (Phi) is 6.74. The van der Waals surface area contributed by atoms with Gasteiger partial charge in [0.1, 0.15) is 11.4 Å². The van der Waals surface area contributed by atoms with Crippen LogP contribution in [0.4, 0.5) is 14.9 Å². The van der Waals surface area contributed by atoms with E-state index in [9.17, 15) is 18.8 Å². The van der Waals surface area contributed by atoms with Crippen molar-refractivity contribution in [3.05, 3.63) is 57.8 Å². The predicted octanol–water partition coefficient (Wildman–Crippen LogP) is 4.44. The summed E-state index contributed by atoms with van der Waals surface area (Å²) in [5, 5.41) is 2.13. The van der Waals surface area contributed by atoms with Gasteiger partial charge in [-0.1, -0.05) is 6.92 Å². The zero-order chi connectivity index (χ0) is 22.7. The molecule has 31 heavy (non-hydrogen) atoms. The molecule has 1 N–H and O–H groups in total. The molecular weight excluding hydrogens is 471 g/mol. The number of hydrogen-bond acceptors (Lipinski definition) is 5. The molecule has 0 radical (unpaired) electrons. The number of nitrogens with zero attached hydrogens (tertiary/aromatic N) is 1. The minimum absolute atomic E-state index is 0.0459. The lowest BCUT2D eigenvalue weighted by molar-refractivity contribution is -0.122. The quantitative estimate of drug-likeness (QED) is 0.477. The van der Waals surface area contributed by atoms with Crippen molar-refractivity contribution < 1.29 is 28.2 Å². The van der Waals surface area contributed by atoms with Gasteiger partial charge in [-0.3, -0.25) is 14.9 Å². The van der Waals surface area contributed by atoms with Crippen LogP contribution in [0.1, 0.15) is 25.8 Å². The third-order valence-corrected chi connectivity index (χ3v) is 5.23. The number of halogens is 2. The molecule has 0 saturated carbocycles. The largest absolute Gasteiger partial charge is 0.493 e. The monoisotopic (exact) mass is 490 g/mol. The van der Waals surface area contributed by atoms with Crippen LogP contribution in [0.5, 0.6) is 11.5 Å². The first-order chi connectivity index (χ1) is 14.7. The lowest BCUT2D eigenvalue weighted by Crippen LogP contribution is -2.54. The van der Waals surface area contributed by atoms with Crippen molar-refractivity contribution in [2.45, 2.75) is 26.4 Å². The van der Waals surface area contributed by atoms with Gasteiger partial charge in [-0.15, -0.1) is 0 Å². The van der Waals surface area contributed by atoms with Crippen molar-refractivity contribution in [2.24, 2.45) is 0 Å². The number of nitrogens with one attached hydrogen (secondary N) is 1. The van der Waals surface area contributed by atoms with Crippen LogP contribution in [-0.4, -0.2) is 31.1 Å². The van der Waals surface area contributed by atoms with Gasteiger partial charge in [-0.25, -0.2) is 14.1 Å². The Hall–Kier alpha value is -3.20. The Labute approximate surface area is 186 Å². The molecule has 0 aromatic heterocycles. The predicted molar refractivity (Wildman–Crippen MR) is 116 cm³/mol. The lowest BCUT2D eigenvalue weighted by Gasteiger charge is -2.26. The third-order valence-electron chi connectivity index (χ3n) is 4.64. The fourth-order valence-electron chi connectivity index (χ4n) is 2.87. The van der Waals surface area contributed by atoms with Crippen molar-refractivity contribution in [3.8, 4) is 11.5 Å². The van der Waals surface area contributed by atoms with E-state index in [0.29, 0.717) is 21.5 Å². The van der Waals surface area contributed by atoms with E-state index >= 15 is 0 Å². The van der Waals surface area contributed by atoms with Crippen LogP contribution in [0.3, 0.4) is 0 Å². The van der Waals surface area contributed by atoms with Gasteiger partial charge in [0.2, 0.25) is 0 Å². The highest BCUT2D eigenvalue weighted by molar-refractivity contribution is 9.10. The maximum Gasteiger partial charge on any atom is 0.335 e. The molecule has 0 aliphatic carbocycles.